The van der Waals surface area contributed by atoms with Crippen molar-refractivity contribution in [3.8, 4) is 0 Å². The molecule has 0 aromatic heterocycles. The van der Waals surface area contributed by atoms with Crippen molar-refractivity contribution in [1.82, 2.24) is 5.32 Å². The van der Waals surface area contributed by atoms with Crippen LogP contribution in [0, 0.1) is 13.8 Å². The van der Waals surface area contributed by atoms with Gasteiger partial charge in [0.25, 0.3) is 0 Å². The van der Waals surface area contributed by atoms with Crippen LogP contribution in [0.2, 0.25) is 5.02 Å². The van der Waals surface area contributed by atoms with Crippen molar-refractivity contribution in [3.63, 3.8) is 0 Å². The summed E-state index contributed by atoms with van der Waals surface area (Å²) in [7, 11) is 0. The fourth-order valence-electron chi connectivity index (χ4n) is 2.09. The Morgan fingerprint density at radius 3 is 2.45 bits per heavy atom. The number of thiocarbonyl (C=S) groups is 1. The minimum atomic E-state index is 0.589. The summed E-state index contributed by atoms with van der Waals surface area (Å²) >= 11 is 11.2. The van der Waals surface area contributed by atoms with Gasteiger partial charge in [-0.05, 0) is 49.8 Å². The van der Waals surface area contributed by atoms with Crippen LogP contribution in [0.4, 0.5) is 5.69 Å². The van der Waals surface area contributed by atoms with Crippen molar-refractivity contribution in [2.24, 2.45) is 0 Å². The Morgan fingerprint density at radius 1 is 1.10 bits per heavy atom. The standard InChI is InChI=1S/C16H17ClN2S/c1-11-6-12(2)8-13(7-11)10-18-16(20)19-15-5-3-4-14(17)9-15/h3-9H,10H2,1-2H3,(H2,18,19,20). The number of nitrogens with one attached hydrogen (secondary N) is 2. The molecule has 2 aromatic carbocycles. The van der Waals surface area contributed by atoms with Crippen molar-refractivity contribution in [3.05, 3.63) is 64.2 Å². The smallest absolute Gasteiger partial charge is 0.171 e. The summed E-state index contributed by atoms with van der Waals surface area (Å²) < 4.78 is 0. The highest BCUT2D eigenvalue weighted by molar-refractivity contribution is 7.80. The molecular formula is C16H17ClN2S. The van der Waals surface area contributed by atoms with Crippen LogP contribution in [0.5, 0.6) is 0 Å². The molecule has 0 amide bonds. The average molecular weight is 305 g/mol. The fourth-order valence-corrected chi connectivity index (χ4v) is 2.48. The quantitative estimate of drug-likeness (QED) is 0.820. The first kappa shape index (κ1) is 14.8. The maximum absolute atomic E-state index is 5.93. The molecule has 0 bridgehead atoms. The van der Waals surface area contributed by atoms with Crippen molar-refractivity contribution in [2.45, 2.75) is 20.4 Å². The molecule has 104 valence electrons. The maximum Gasteiger partial charge on any atom is 0.171 e. The Kier molecular flexibility index (Phi) is 4.99. The Balaban J connectivity index is 1.92. The Bertz CT molecular complexity index is 605. The number of hydrogen-bond donors (Lipinski definition) is 2. The summed E-state index contributed by atoms with van der Waals surface area (Å²) in [4.78, 5) is 0. The summed E-state index contributed by atoms with van der Waals surface area (Å²) in [5.41, 5.74) is 4.62. The number of benzene rings is 2. The predicted octanol–water partition coefficient (Wildman–Crippen LogP) is 4.44. The molecule has 0 aliphatic heterocycles. The largest absolute Gasteiger partial charge is 0.358 e. The zero-order valence-electron chi connectivity index (χ0n) is 11.5. The van der Waals surface area contributed by atoms with Gasteiger partial charge in [0.2, 0.25) is 0 Å². The molecule has 0 heterocycles. The first-order valence-electron chi connectivity index (χ1n) is 6.40. The van der Waals surface area contributed by atoms with E-state index in [0.717, 1.165) is 5.69 Å². The lowest BCUT2D eigenvalue weighted by molar-refractivity contribution is 0.921. The van der Waals surface area contributed by atoms with Gasteiger partial charge in [0.1, 0.15) is 0 Å². The second kappa shape index (κ2) is 6.73. The van der Waals surface area contributed by atoms with E-state index >= 15 is 0 Å². The molecule has 20 heavy (non-hydrogen) atoms. The molecule has 0 spiro atoms. The van der Waals surface area contributed by atoms with Crippen LogP contribution in [0.3, 0.4) is 0 Å². The maximum atomic E-state index is 5.93. The Labute approximate surface area is 130 Å². The Morgan fingerprint density at radius 2 is 1.80 bits per heavy atom. The molecule has 2 rings (SSSR count). The summed E-state index contributed by atoms with van der Waals surface area (Å²) in [5.74, 6) is 0. The summed E-state index contributed by atoms with van der Waals surface area (Å²) in [6.45, 7) is 4.90. The third-order valence-corrected chi connectivity index (χ3v) is 3.30. The van der Waals surface area contributed by atoms with Gasteiger partial charge in [-0.25, -0.2) is 0 Å². The van der Waals surface area contributed by atoms with Gasteiger partial charge in [-0.2, -0.15) is 0 Å². The van der Waals surface area contributed by atoms with Gasteiger partial charge in [-0.15, -0.1) is 0 Å². The molecular weight excluding hydrogens is 288 g/mol. The minimum Gasteiger partial charge on any atom is -0.358 e. The van der Waals surface area contributed by atoms with Crippen LogP contribution in [0.15, 0.2) is 42.5 Å². The van der Waals surface area contributed by atoms with E-state index in [1.54, 1.807) is 0 Å². The van der Waals surface area contributed by atoms with Crippen LogP contribution in [-0.2, 0) is 6.54 Å². The number of halogens is 1. The lowest BCUT2D eigenvalue weighted by atomic mass is 10.1. The van der Waals surface area contributed by atoms with Crippen LogP contribution in [-0.4, -0.2) is 5.11 Å². The summed E-state index contributed by atoms with van der Waals surface area (Å²) in [6, 6.07) is 14.0. The number of aryl methyl sites for hydroxylation is 2. The SMILES string of the molecule is Cc1cc(C)cc(CNC(=S)Nc2cccc(Cl)c2)c1. The van der Waals surface area contributed by atoms with Crippen LogP contribution in [0.1, 0.15) is 16.7 Å². The van der Waals surface area contributed by atoms with Crippen molar-refractivity contribution < 1.29 is 0 Å². The van der Waals surface area contributed by atoms with E-state index in [9.17, 15) is 0 Å². The minimum absolute atomic E-state index is 0.589. The highest BCUT2D eigenvalue weighted by Crippen LogP contribution is 2.14. The third kappa shape index (κ3) is 4.51. The van der Waals surface area contributed by atoms with E-state index < -0.39 is 0 Å². The van der Waals surface area contributed by atoms with E-state index in [-0.39, 0.29) is 0 Å². The molecule has 0 fully saturated rings. The normalized spacial score (nSPS) is 10.2. The molecule has 2 N–H and O–H groups in total. The van der Waals surface area contributed by atoms with E-state index in [0.29, 0.717) is 16.7 Å². The lowest BCUT2D eigenvalue weighted by Crippen LogP contribution is -2.27. The average Bonchev–Trinajstić information content (AvgIpc) is 2.35. The fraction of sp³-hybridized carbons (Fsp3) is 0.188. The molecule has 0 saturated heterocycles. The molecule has 0 atom stereocenters. The number of hydrogen-bond acceptors (Lipinski definition) is 1. The molecule has 2 nitrogen and oxygen atoms in total. The van der Waals surface area contributed by atoms with Crippen LogP contribution < -0.4 is 10.6 Å². The zero-order valence-corrected chi connectivity index (χ0v) is 13.1. The van der Waals surface area contributed by atoms with Gasteiger partial charge in [0.15, 0.2) is 5.11 Å². The van der Waals surface area contributed by atoms with E-state index in [1.165, 1.54) is 16.7 Å². The monoisotopic (exact) mass is 304 g/mol. The topological polar surface area (TPSA) is 24.1 Å². The van der Waals surface area contributed by atoms with Crippen molar-refractivity contribution in [2.75, 3.05) is 5.32 Å². The van der Waals surface area contributed by atoms with E-state index in [1.807, 2.05) is 24.3 Å². The van der Waals surface area contributed by atoms with Crippen LogP contribution in [0.25, 0.3) is 0 Å². The van der Waals surface area contributed by atoms with Crippen molar-refractivity contribution in [1.29, 1.82) is 0 Å². The van der Waals surface area contributed by atoms with E-state index in [2.05, 4.69) is 42.7 Å². The summed E-state index contributed by atoms with van der Waals surface area (Å²) in [5, 5.41) is 7.59. The molecule has 0 radical (unpaired) electrons. The van der Waals surface area contributed by atoms with E-state index in [4.69, 9.17) is 23.8 Å². The third-order valence-electron chi connectivity index (χ3n) is 2.82. The first-order valence-corrected chi connectivity index (χ1v) is 7.19. The Hall–Kier alpha value is -1.58. The molecule has 4 heteroatoms. The molecule has 0 unspecified atom stereocenters. The van der Waals surface area contributed by atoms with Crippen LogP contribution >= 0.6 is 23.8 Å². The zero-order chi connectivity index (χ0) is 14.5. The number of rotatable bonds is 3. The molecule has 2 aromatic rings. The summed E-state index contributed by atoms with van der Waals surface area (Å²) in [6.07, 6.45) is 0. The first-order chi connectivity index (χ1) is 9.52. The highest BCUT2D eigenvalue weighted by Gasteiger charge is 2.00. The lowest BCUT2D eigenvalue weighted by Gasteiger charge is -2.11. The molecule has 0 aliphatic carbocycles. The second-order valence-corrected chi connectivity index (χ2v) is 5.66. The van der Waals surface area contributed by atoms with Gasteiger partial charge in [-0.3, -0.25) is 0 Å². The van der Waals surface area contributed by atoms with Gasteiger partial charge in [0, 0.05) is 17.3 Å². The number of anilines is 1. The predicted molar refractivity (Wildman–Crippen MR) is 90.4 cm³/mol. The highest BCUT2D eigenvalue weighted by atomic mass is 35.5. The van der Waals surface area contributed by atoms with Gasteiger partial charge < -0.3 is 10.6 Å². The van der Waals surface area contributed by atoms with Gasteiger partial charge in [0.05, 0.1) is 0 Å². The molecule has 0 aliphatic rings. The molecule has 0 saturated carbocycles. The van der Waals surface area contributed by atoms with Gasteiger partial charge >= 0.3 is 0 Å². The van der Waals surface area contributed by atoms with Crippen molar-refractivity contribution >= 4 is 34.6 Å². The second-order valence-electron chi connectivity index (χ2n) is 4.81. The van der Waals surface area contributed by atoms with Gasteiger partial charge in [-0.1, -0.05) is 47.0 Å².